The van der Waals surface area contributed by atoms with Crippen LogP contribution in [0.5, 0.6) is 0 Å². The van der Waals surface area contributed by atoms with Gasteiger partial charge in [-0.2, -0.15) is 5.10 Å². The van der Waals surface area contributed by atoms with E-state index in [2.05, 4.69) is 61.9 Å². The average Bonchev–Trinajstić information content (AvgIpc) is 2.72. The van der Waals surface area contributed by atoms with E-state index in [-0.39, 0.29) is 0 Å². The van der Waals surface area contributed by atoms with Gasteiger partial charge >= 0.3 is 0 Å². The zero-order valence-corrected chi connectivity index (χ0v) is 11.6. The van der Waals surface area contributed by atoms with Crippen molar-refractivity contribution in [3.05, 3.63) is 53.3 Å². The van der Waals surface area contributed by atoms with Gasteiger partial charge in [-0.15, -0.1) is 0 Å². The smallest absolute Gasteiger partial charge is 0.0662 e. The van der Waals surface area contributed by atoms with Crippen LogP contribution in [0.15, 0.2) is 36.4 Å². The maximum atomic E-state index is 4.69. The van der Waals surface area contributed by atoms with E-state index >= 15 is 0 Å². The first-order valence-corrected chi connectivity index (χ1v) is 6.78. The van der Waals surface area contributed by atoms with Crippen LogP contribution in [0.1, 0.15) is 37.7 Å². The molecule has 0 aliphatic heterocycles. The molecule has 1 aromatic heterocycles. The lowest BCUT2D eigenvalue weighted by Crippen LogP contribution is -2.08. The summed E-state index contributed by atoms with van der Waals surface area (Å²) in [5, 5.41) is 4.69. The lowest BCUT2D eigenvalue weighted by atomic mass is 10.1. The Morgan fingerprint density at radius 3 is 2.50 bits per heavy atom. The Morgan fingerprint density at radius 2 is 1.89 bits per heavy atom. The van der Waals surface area contributed by atoms with Crippen LogP contribution in [-0.2, 0) is 19.4 Å². The molecule has 0 bridgehead atoms. The Balaban J connectivity index is 2.22. The molecule has 0 saturated carbocycles. The van der Waals surface area contributed by atoms with Crippen molar-refractivity contribution in [2.75, 3.05) is 0 Å². The molecule has 0 spiro atoms. The molecule has 0 atom stereocenters. The van der Waals surface area contributed by atoms with E-state index < -0.39 is 0 Å². The Bertz CT molecular complexity index is 483. The standard InChI is InChI=1S/C16H22N2/c1-4-15-11-16(10-13(2)3)18(17-15)12-14-8-6-5-7-9-14/h5-9,11,13H,4,10,12H2,1-3H3. The van der Waals surface area contributed by atoms with Gasteiger partial charge in [0.25, 0.3) is 0 Å². The minimum absolute atomic E-state index is 0.668. The first-order valence-electron chi connectivity index (χ1n) is 6.78. The third-order valence-electron chi connectivity index (χ3n) is 3.07. The molecule has 2 heteroatoms. The van der Waals surface area contributed by atoms with Gasteiger partial charge < -0.3 is 0 Å². The number of aromatic nitrogens is 2. The van der Waals surface area contributed by atoms with Crippen molar-refractivity contribution < 1.29 is 0 Å². The molecule has 0 radical (unpaired) electrons. The average molecular weight is 242 g/mol. The molecule has 1 heterocycles. The second-order valence-corrected chi connectivity index (χ2v) is 5.22. The molecule has 96 valence electrons. The molecular weight excluding hydrogens is 220 g/mol. The Hall–Kier alpha value is -1.57. The number of benzene rings is 1. The van der Waals surface area contributed by atoms with E-state index in [4.69, 9.17) is 5.10 Å². The second kappa shape index (κ2) is 5.85. The lowest BCUT2D eigenvalue weighted by molar-refractivity contribution is 0.571. The Labute approximate surface area is 110 Å². The van der Waals surface area contributed by atoms with E-state index in [9.17, 15) is 0 Å². The zero-order valence-electron chi connectivity index (χ0n) is 11.6. The molecule has 0 amide bonds. The minimum Gasteiger partial charge on any atom is -0.265 e. The molecule has 0 fully saturated rings. The normalized spacial score (nSPS) is 11.1. The number of aryl methyl sites for hydroxylation is 1. The van der Waals surface area contributed by atoms with Crippen molar-refractivity contribution in [3.8, 4) is 0 Å². The Kier molecular flexibility index (Phi) is 4.19. The predicted molar refractivity (Wildman–Crippen MR) is 75.7 cm³/mol. The summed E-state index contributed by atoms with van der Waals surface area (Å²) in [6.45, 7) is 7.55. The van der Waals surface area contributed by atoms with Crippen molar-refractivity contribution in [2.24, 2.45) is 5.92 Å². The van der Waals surface area contributed by atoms with E-state index in [1.165, 1.54) is 17.0 Å². The van der Waals surface area contributed by atoms with Crippen LogP contribution in [0.4, 0.5) is 0 Å². The molecular formula is C16H22N2. The summed E-state index contributed by atoms with van der Waals surface area (Å²) in [4.78, 5) is 0. The molecule has 0 saturated heterocycles. The topological polar surface area (TPSA) is 17.8 Å². The van der Waals surface area contributed by atoms with Crippen LogP contribution in [-0.4, -0.2) is 9.78 Å². The van der Waals surface area contributed by atoms with Crippen LogP contribution in [0.3, 0.4) is 0 Å². The maximum Gasteiger partial charge on any atom is 0.0662 e. The van der Waals surface area contributed by atoms with Gasteiger partial charge in [0.1, 0.15) is 0 Å². The van der Waals surface area contributed by atoms with Gasteiger partial charge in [0, 0.05) is 5.69 Å². The number of hydrogen-bond acceptors (Lipinski definition) is 1. The second-order valence-electron chi connectivity index (χ2n) is 5.22. The van der Waals surface area contributed by atoms with Crippen molar-refractivity contribution in [3.63, 3.8) is 0 Å². The van der Waals surface area contributed by atoms with Crippen LogP contribution in [0.25, 0.3) is 0 Å². The quantitative estimate of drug-likeness (QED) is 0.782. The Morgan fingerprint density at radius 1 is 1.17 bits per heavy atom. The monoisotopic (exact) mass is 242 g/mol. The number of hydrogen-bond donors (Lipinski definition) is 0. The fourth-order valence-electron chi connectivity index (χ4n) is 2.16. The minimum atomic E-state index is 0.668. The van der Waals surface area contributed by atoms with Gasteiger partial charge in [-0.05, 0) is 30.4 Å². The van der Waals surface area contributed by atoms with E-state index in [0.717, 1.165) is 19.4 Å². The number of rotatable bonds is 5. The SMILES string of the molecule is CCc1cc(CC(C)C)n(Cc2ccccc2)n1. The molecule has 0 aliphatic carbocycles. The van der Waals surface area contributed by atoms with Gasteiger partial charge in [-0.25, -0.2) is 0 Å². The van der Waals surface area contributed by atoms with Crippen LogP contribution >= 0.6 is 0 Å². The molecule has 0 N–H and O–H groups in total. The molecule has 0 unspecified atom stereocenters. The highest BCUT2D eigenvalue weighted by molar-refractivity contribution is 5.18. The molecule has 1 aromatic carbocycles. The highest BCUT2D eigenvalue weighted by Crippen LogP contribution is 2.13. The maximum absolute atomic E-state index is 4.69. The summed E-state index contributed by atoms with van der Waals surface area (Å²) in [5.41, 5.74) is 3.86. The molecule has 2 nitrogen and oxygen atoms in total. The zero-order chi connectivity index (χ0) is 13.0. The molecule has 2 rings (SSSR count). The third kappa shape index (κ3) is 3.22. The fraction of sp³-hybridized carbons (Fsp3) is 0.438. The highest BCUT2D eigenvalue weighted by Gasteiger charge is 2.09. The van der Waals surface area contributed by atoms with Crippen LogP contribution in [0, 0.1) is 5.92 Å². The van der Waals surface area contributed by atoms with Gasteiger partial charge in [-0.3, -0.25) is 4.68 Å². The van der Waals surface area contributed by atoms with Crippen molar-refractivity contribution in [1.29, 1.82) is 0 Å². The first-order chi connectivity index (χ1) is 8.69. The molecule has 18 heavy (non-hydrogen) atoms. The van der Waals surface area contributed by atoms with Gasteiger partial charge in [0.2, 0.25) is 0 Å². The number of nitrogens with zero attached hydrogens (tertiary/aromatic N) is 2. The summed E-state index contributed by atoms with van der Waals surface area (Å²) in [6.07, 6.45) is 2.10. The first kappa shape index (κ1) is 12.9. The highest BCUT2D eigenvalue weighted by atomic mass is 15.3. The van der Waals surface area contributed by atoms with E-state index in [1.54, 1.807) is 0 Å². The van der Waals surface area contributed by atoms with Crippen LogP contribution < -0.4 is 0 Å². The summed E-state index contributed by atoms with van der Waals surface area (Å²) < 4.78 is 2.16. The fourth-order valence-corrected chi connectivity index (χ4v) is 2.16. The summed E-state index contributed by atoms with van der Waals surface area (Å²) in [6, 6.07) is 12.8. The lowest BCUT2D eigenvalue weighted by Gasteiger charge is -2.09. The van der Waals surface area contributed by atoms with E-state index in [0.29, 0.717) is 5.92 Å². The van der Waals surface area contributed by atoms with Crippen molar-refractivity contribution >= 4 is 0 Å². The van der Waals surface area contributed by atoms with Crippen molar-refractivity contribution in [2.45, 2.75) is 40.2 Å². The summed E-state index contributed by atoms with van der Waals surface area (Å²) in [5.74, 6) is 0.668. The van der Waals surface area contributed by atoms with Gasteiger partial charge in [0.05, 0.1) is 12.2 Å². The summed E-state index contributed by atoms with van der Waals surface area (Å²) in [7, 11) is 0. The predicted octanol–water partition coefficient (Wildman–Crippen LogP) is 3.69. The molecule has 2 aromatic rings. The summed E-state index contributed by atoms with van der Waals surface area (Å²) >= 11 is 0. The largest absolute Gasteiger partial charge is 0.265 e. The van der Waals surface area contributed by atoms with Crippen molar-refractivity contribution in [1.82, 2.24) is 9.78 Å². The van der Waals surface area contributed by atoms with Gasteiger partial charge in [-0.1, -0.05) is 51.1 Å². The van der Waals surface area contributed by atoms with Gasteiger partial charge in [0.15, 0.2) is 0 Å². The third-order valence-corrected chi connectivity index (χ3v) is 3.07. The molecule has 0 aliphatic rings. The van der Waals surface area contributed by atoms with E-state index in [1.807, 2.05) is 0 Å². The van der Waals surface area contributed by atoms with Crippen LogP contribution in [0.2, 0.25) is 0 Å².